The van der Waals surface area contributed by atoms with Gasteiger partial charge < -0.3 is 15.1 Å². The summed E-state index contributed by atoms with van der Waals surface area (Å²) in [6.45, 7) is 5.96. The van der Waals surface area contributed by atoms with E-state index in [0.29, 0.717) is 5.11 Å². The van der Waals surface area contributed by atoms with Gasteiger partial charge in [0.15, 0.2) is 5.11 Å². The van der Waals surface area contributed by atoms with Crippen LogP contribution in [0.3, 0.4) is 0 Å². The van der Waals surface area contributed by atoms with Crippen LogP contribution in [0.15, 0.2) is 59.6 Å². The van der Waals surface area contributed by atoms with Gasteiger partial charge in [-0.2, -0.15) is 0 Å². The fourth-order valence-electron chi connectivity index (χ4n) is 2.70. The number of hydrogen-bond donors (Lipinski definition) is 1. The van der Waals surface area contributed by atoms with Crippen molar-refractivity contribution in [1.29, 1.82) is 0 Å². The zero-order valence-corrected chi connectivity index (χ0v) is 15.6. The molecule has 0 unspecified atom stereocenters. The molecule has 0 atom stereocenters. The lowest BCUT2D eigenvalue weighted by Crippen LogP contribution is -2.46. The third-order valence-corrected chi connectivity index (χ3v) is 4.69. The lowest BCUT2D eigenvalue weighted by atomic mass is 10.1. The van der Waals surface area contributed by atoms with Crippen LogP contribution >= 0.6 is 12.2 Å². The molecule has 1 aliphatic heterocycles. The third-order valence-electron chi connectivity index (χ3n) is 4.34. The summed E-state index contributed by atoms with van der Waals surface area (Å²) in [5, 5.41) is 4.06. The quantitative estimate of drug-likeness (QED) is 0.510. The van der Waals surface area contributed by atoms with Crippen LogP contribution in [0, 0.1) is 6.92 Å². The smallest absolute Gasteiger partial charge is 0.197 e. The minimum absolute atomic E-state index is 0.645. The molecule has 1 aliphatic rings. The van der Waals surface area contributed by atoms with Crippen molar-refractivity contribution in [3.63, 3.8) is 0 Å². The average molecular weight is 353 g/mol. The maximum Gasteiger partial charge on any atom is 0.197 e. The molecule has 2 aromatic rings. The van der Waals surface area contributed by atoms with Gasteiger partial charge in [0.1, 0.15) is 5.84 Å². The molecule has 0 radical (unpaired) electrons. The molecule has 0 spiro atoms. The number of hydrogen-bond acceptors (Lipinski definition) is 2. The van der Waals surface area contributed by atoms with Crippen molar-refractivity contribution in [3.05, 3.63) is 65.7 Å². The normalized spacial score (nSPS) is 15.9. The first-order valence-electron chi connectivity index (χ1n) is 8.57. The van der Waals surface area contributed by atoms with E-state index < -0.39 is 0 Å². The Morgan fingerprint density at radius 3 is 2.24 bits per heavy atom. The first-order chi connectivity index (χ1) is 12.1. The molecule has 0 amide bonds. The van der Waals surface area contributed by atoms with Gasteiger partial charge in [-0.05, 0) is 38.3 Å². The van der Waals surface area contributed by atoms with Crippen molar-refractivity contribution in [2.45, 2.75) is 6.92 Å². The van der Waals surface area contributed by atoms with Crippen LogP contribution in [0.2, 0.25) is 0 Å². The molecule has 1 fully saturated rings. The van der Waals surface area contributed by atoms with Crippen molar-refractivity contribution < 1.29 is 0 Å². The van der Waals surface area contributed by atoms with Crippen LogP contribution < -0.4 is 5.32 Å². The number of anilines is 1. The van der Waals surface area contributed by atoms with E-state index in [1.165, 1.54) is 5.56 Å². The molecule has 3 rings (SSSR count). The number of para-hydroxylation sites is 1. The summed E-state index contributed by atoms with van der Waals surface area (Å²) >= 11 is 5.61. The van der Waals surface area contributed by atoms with Crippen molar-refractivity contribution in [2.75, 3.05) is 38.5 Å². The number of rotatable bonds is 2. The van der Waals surface area contributed by atoms with E-state index in [2.05, 4.69) is 53.4 Å². The van der Waals surface area contributed by atoms with Crippen molar-refractivity contribution in [2.24, 2.45) is 4.99 Å². The molecule has 1 N–H and O–H groups in total. The second-order valence-electron chi connectivity index (χ2n) is 6.39. The Hall–Kier alpha value is -2.24. The Labute approximate surface area is 155 Å². The fourth-order valence-corrected chi connectivity index (χ4v) is 2.97. The molecule has 0 aromatic heterocycles. The second-order valence-corrected chi connectivity index (χ2v) is 6.76. The minimum atomic E-state index is 0.645. The number of nitrogens with one attached hydrogen (secondary N) is 1. The summed E-state index contributed by atoms with van der Waals surface area (Å²) in [5.74, 6) is 0.787. The van der Waals surface area contributed by atoms with E-state index in [1.54, 1.807) is 0 Å². The van der Waals surface area contributed by atoms with Crippen molar-refractivity contribution in [3.8, 4) is 0 Å². The first kappa shape index (κ1) is 17.6. The number of nitrogens with zero attached hydrogens (tertiary/aromatic N) is 3. The van der Waals surface area contributed by atoms with E-state index in [9.17, 15) is 0 Å². The monoisotopic (exact) mass is 352 g/mol. The molecular formula is C20H24N4S. The molecule has 0 bridgehead atoms. The van der Waals surface area contributed by atoms with Gasteiger partial charge in [-0.1, -0.05) is 48.0 Å². The highest BCUT2D eigenvalue weighted by molar-refractivity contribution is 7.80. The standard InChI is InChI=1S/C20H24N4S/c1-16-8-10-17(11-9-16)19(21-18-6-4-3-5-7-18)22-20(25)24-14-12-23(2)13-15-24/h3-11H,12-15H2,1-2H3,(H,21,22,25). The number of benzene rings is 2. The molecule has 25 heavy (non-hydrogen) atoms. The predicted molar refractivity (Wildman–Crippen MR) is 109 cm³/mol. The van der Waals surface area contributed by atoms with Gasteiger partial charge in [0.05, 0.1) is 0 Å². The number of likely N-dealkylation sites (N-methyl/N-ethyl adjacent to an activating group) is 1. The van der Waals surface area contributed by atoms with E-state index in [4.69, 9.17) is 17.2 Å². The van der Waals surface area contributed by atoms with Gasteiger partial charge in [-0.15, -0.1) is 0 Å². The number of aliphatic imine (C=N–C) groups is 1. The SMILES string of the molecule is Cc1ccc(C(=NC(=S)N2CCN(C)CC2)Nc2ccccc2)cc1. The number of amidine groups is 1. The summed E-state index contributed by atoms with van der Waals surface area (Å²) in [4.78, 5) is 9.25. The zero-order chi connectivity index (χ0) is 17.6. The lowest BCUT2D eigenvalue weighted by Gasteiger charge is -2.32. The van der Waals surface area contributed by atoms with E-state index in [-0.39, 0.29) is 0 Å². The van der Waals surface area contributed by atoms with Gasteiger partial charge in [-0.3, -0.25) is 0 Å². The van der Waals surface area contributed by atoms with Crippen molar-refractivity contribution in [1.82, 2.24) is 9.80 Å². The molecule has 2 aromatic carbocycles. The molecule has 130 valence electrons. The average Bonchev–Trinajstić information content (AvgIpc) is 2.63. The molecule has 5 heteroatoms. The van der Waals surface area contributed by atoms with Crippen LogP contribution in [0.4, 0.5) is 5.69 Å². The number of thiocarbonyl (C=S) groups is 1. The largest absolute Gasteiger partial charge is 0.345 e. The summed E-state index contributed by atoms with van der Waals surface area (Å²) in [7, 11) is 2.14. The molecule has 0 aliphatic carbocycles. The van der Waals surface area contributed by atoms with Gasteiger partial charge >= 0.3 is 0 Å². The Balaban J connectivity index is 1.84. The minimum Gasteiger partial charge on any atom is -0.345 e. The topological polar surface area (TPSA) is 30.9 Å². The van der Waals surface area contributed by atoms with Gasteiger partial charge in [0.25, 0.3) is 0 Å². The zero-order valence-electron chi connectivity index (χ0n) is 14.8. The maximum atomic E-state index is 5.61. The van der Waals surface area contributed by atoms with Gasteiger partial charge in [0.2, 0.25) is 0 Å². The highest BCUT2D eigenvalue weighted by atomic mass is 32.1. The molecular weight excluding hydrogens is 328 g/mol. The van der Waals surface area contributed by atoms with Crippen LogP contribution in [-0.4, -0.2) is 54.0 Å². The van der Waals surface area contributed by atoms with Crippen LogP contribution in [-0.2, 0) is 0 Å². The van der Waals surface area contributed by atoms with E-state index in [0.717, 1.165) is 43.3 Å². The summed E-state index contributed by atoms with van der Waals surface area (Å²) in [6.07, 6.45) is 0. The van der Waals surface area contributed by atoms with Crippen LogP contribution in [0.1, 0.15) is 11.1 Å². The highest BCUT2D eigenvalue weighted by Crippen LogP contribution is 2.12. The van der Waals surface area contributed by atoms with Crippen LogP contribution in [0.25, 0.3) is 0 Å². The van der Waals surface area contributed by atoms with Crippen LogP contribution in [0.5, 0.6) is 0 Å². The second kappa shape index (κ2) is 8.23. The Bertz CT molecular complexity index is 732. The Morgan fingerprint density at radius 1 is 0.960 bits per heavy atom. The first-order valence-corrected chi connectivity index (χ1v) is 8.98. The Morgan fingerprint density at radius 2 is 1.60 bits per heavy atom. The number of aryl methyl sites for hydroxylation is 1. The molecule has 4 nitrogen and oxygen atoms in total. The van der Waals surface area contributed by atoms with Crippen molar-refractivity contribution >= 4 is 28.9 Å². The summed E-state index contributed by atoms with van der Waals surface area (Å²) in [5.41, 5.74) is 3.26. The summed E-state index contributed by atoms with van der Waals surface area (Å²) in [6, 6.07) is 18.4. The summed E-state index contributed by atoms with van der Waals surface area (Å²) < 4.78 is 0. The third kappa shape index (κ3) is 4.87. The molecule has 1 heterocycles. The maximum absolute atomic E-state index is 5.61. The van der Waals surface area contributed by atoms with E-state index >= 15 is 0 Å². The van der Waals surface area contributed by atoms with E-state index in [1.807, 2.05) is 30.3 Å². The highest BCUT2D eigenvalue weighted by Gasteiger charge is 2.17. The molecule has 1 saturated heterocycles. The van der Waals surface area contributed by atoms with Gasteiger partial charge in [0, 0.05) is 37.4 Å². The number of piperazine rings is 1. The fraction of sp³-hybridized carbons (Fsp3) is 0.300. The van der Waals surface area contributed by atoms with Gasteiger partial charge in [-0.25, -0.2) is 4.99 Å². The Kier molecular flexibility index (Phi) is 5.79. The molecule has 0 saturated carbocycles. The predicted octanol–water partition coefficient (Wildman–Crippen LogP) is 3.39. The lowest BCUT2D eigenvalue weighted by molar-refractivity contribution is 0.216.